The summed E-state index contributed by atoms with van der Waals surface area (Å²) < 4.78 is 5.23. The zero-order valence-corrected chi connectivity index (χ0v) is 11.1. The molecule has 4 heteroatoms. The summed E-state index contributed by atoms with van der Waals surface area (Å²) in [5, 5.41) is 8.41. The minimum Gasteiger partial charge on any atom is -0.478 e. The third kappa shape index (κ3) is 4.17. The number of carbonyl (C=O) groups is 2. The smallest absolute Gasteiger partial charge is 0.331 e. The molecule has 4 nitrogen and oxygen atoms in total. The molecule has 0 spiro atoms. The van der Waals surface area contributed by atoms with Crippen LogP contribution in [0.25, 0.3) is 0 Å². The molecule has 1 aliphatic rings. The van der Waals surface area contributed by atoms with Crippen LogP contribution >= 0.6 is 0 Å². The molecule has 0 radical (unpaired) electrons. The molecule has 0 atom stereocenters. The van der Waals surface area contributed by atoms with Crippen LogP contribution in [0.4, 0.5) is 0 Å². The molecule has 0 aromatic carbocycles. The predicted octanol–water partition coefficient (Wildman–Crippen LogP) is 2.92. The first kappa shape index (κ1) is 14.7. The average Bonchev–Trinajstić information content (AvgIpc) is 2.38. The molecule has 1 aliphatic carbocycles. The summed E-state index contributed by atoms with van der Waals surface area (Å²) in [4.78, 5) is 21.6. The monoisotopic (exact) mass is 254 g/mol. The van der Waals surface area contributed by atoms with Crippen molar-refractivity contribution >= 4 is 11.9 Å². The van der Waals surface area contributed by atoms with E-state index in [4.69, 9.17) is 9.84 Å². The summed E-state index contributed by atoms with van der Waals surface area (Å²) in [6, 6.07) is 0. The normalized spacial score (nSPS) is 19.9. The fraction of sp³-hybridized carbons (Fsp3) is 0.714. The highest BCUT2D eigenvalue weighted by Crippen LogP contribution is 2.42. The summed E-state index contributed by atoms with van der Waals surface area (Å²) in [7, 11) is 0. The first-order valence-corrected chi connectivity index (χ1v) is 6.63. The Morgan fingerprint density at radius 2 is 1.78 bits per heavy atom. The van der Waals surface area contributed by atoms with E-state index in [0.29, 0.717) is 5.41 Å². The fourth-order valence-corrected chi connectivity index (χ4v) is 2.62. The van der Waals surface area contributed by atoms with E-state index in [9.17, 15) is 9.59 Å². The SMILES string of the molecule is CCC1(CC)CCC(OC(=O)/C=C/C(=O)O)CC1. The Bertz CT molecular complexity index is 319. The highest BCUT2D eigenvalue weighted by molar-refractivity contribution is 5.90. The van der Waals surface area contributed by atoms with Crippen LogP contribution in [0.5, 0.6) is 0 Å². The Hall–Kier alpha value is -1.32. The van der Waals surface area contributed by atoms with Crippen LogP contribution < -0.4 is 0 Å². The molecule has 0 amide bonds. The van der Waals surface area contributed by atoms with Gasteiger partial charge in [0.25, 0.3) is 0 Å². The van der Waals surface area contributed by atoms with Gasteiger partial charge in [-0.2, -0.15) is 0 Å². The molecule has 0 aromatic heterocycles. The van der Waals surface area contributed by atoms with Crippen molar-refractivity contribution in [1.29, 1.82) is 0 Å². The van der Waals surface area contributed by atoms with Crippen LogP contribution in [-0.2, 0) is 14.3 Å². The van der Waals surface area contributed by atoms with Crippen molar-refractivity contribution in [2.75, 3.05) is 0 Å². The number of ether oxygens (including phenoxy) is 1. The summed E-state index contributed by atoms with van der Waals surface area (Å²) in [6.07, 6.45) is 8.01. The van der Waals surface area contributed by atoms with Gasteiger partial charge in [-0.25, -0.2) is 9.59 Å². The van der Waals surface area contributed by atoms with E-state index < -0.39 is 11.9 Å². The maximum atomic E-state index is 11.3. The number of hydrogen-bond acceptors (Lipinski definition) is 3. The molecule has 0 saturated heterocycles. The molecule has 0 aliphatic heterocycles. The van der Waals surface area contributed by atoms with E-state index in [1.807, 2.05) is 0 Å². The number of esters is 1. The quantitative estimate of drug-likeness (QED) is 0.605. The maximum absolute atomic E-state index is 11.3. The molecular formula is C14H22O4. The first-order valence-electron chi connectivity index (χ1n) is 6.63. The second kappa shape index (κ2) is 6.57. The lowest BCUT2D eigenvalue weighted by Crippen LogP contribution is -2.31. The zero-order chi connectivity index (χ0) is 13.6. The number of carboxylic acid groups (broad SMARTS) is 1. The summed E-state index contributed by atoms with van der Waals surface area (Å²) in [5.41, 5.74) is 0.416. The van der Waals surface area contributed by atoms with Crippen LogP contribution in [0.1, 0.15) is 52.4 Å². The number of rotatable bonds is 5. The lowest BCUT2D eigenvalue weighted by atomic mass is 9.70. The summed E-state index contributed by atoms with van der Waals surface area (Å²) >= 11 is 0. The van der Waals surface area contributed by atoms with Gasteiger partial charge in [-0.1, -0.05) is 26.7 Å². The highest BCUT2D eigenvalue weighted by atomic mass is 16.5. The number of hydrogen-bond donors (Lipinski definition) is 1. The lowest BCUT2D eigenvalue weighted by molar-refractivity contribution is -0.146. The van der Waals surface area contributed by atoms with Gasteiger partial charge in [0.1, 0.15) is 6.10 Å². The highest BCUT2D eigenvalue weighted by Gasteiger charge is 2.33. The molecule has 102 valence electrons. The number of carboxylic acids is 1. The van der Waals surface area contributed by atoms with Crippen molar-refractivity contribution in [1.82, 2.24) is 0 Å². The largest absolute Gasteiger partial charge is 0.478 e. The van der Waals surface area contributed by atoms with E-state index in [2.05, 4.69) is 13.8 Å². The Morgan fingerprint density at radius 1 is 1.22 bits per heavy atom. The molecule has 1 saturated carbocycles. The minimum absolute atomic E-state index is 0.0535. The Kier molecular flexibility index (Phi) is 5.38. The van der Waals surface area contributed by atoms with Gasteiger partial charge in [0, 0.05) is 12.2 Å². The standard InChI is InChI=1S/C14H22O4/c1-3-14(4-2)9-7-11(8-10-14)18-13(17)6-5-12(15)16/h5-6,11H,3-4,7-10H2,1-2H3,(H,15,16)/b6-5+. The summed E-state index contributed by atoms with van der Waals surface area (Å²) in [5.74, 6) is -1.69. The topological polar surface area (TPSA) is 63.6 Å². The average molecular weight is 254 g/mol. The fourth-order valence-electron chi connectivity index (χ4n) is 2.62. The Morgan fingerprint density at radius 3 is 2.22 bits per heavy atom. The molecule has 0 unspecified atom stereocenters. The van der Waals surface area contributed by atoms with Gasteiger partial charge in [0.15, 0.2) is 0 Å². The third-order valence-corrected chi connectivity index (χ3v) is 4.14. The van der Waals surface area contributed by atoms with Crippen molar-refractivity contribution in [3.63, 3.8) is 0 Å². The van der Waals surface area contributed by atoms with E-state index in [-0.39, 0.29) is 6.10 Å². The van der Waals surface area contributed by atoms with Crippen molar-refractivity contribution in [2.24, 2.45) is 5.41 Å². The molecule has 18 heavy (non-hydrogen) atoms. The molecule has 0 aromatic rings. The third-order valence-electron chi connectivity index (χ3n) is 4.14. The van der Waals surface area contributed by atoms with Gasteiger partial charge < -0.3 is 9.84 Å². The van der Waals surface area contributed by atoms with Gasteiger partial charge in [-0.15, -0.1) is 0 Å². The van der Waals surface area contributed by atoms with Crippen molar-refractivity contribution in [2.45, 2.75) is 58.5 Å². The van der Waals surface area contributed by atoms with E-state index in [0.717, 1.165) is 37.8 Å². The zero-order valence-electron chi connectivity index (χ0n) is 11.1. The van der Waals surface area contributed by atoms with E-state index in [1.165, 1.54) is 12.8 Å². The molecule has 1 fully saturated rings. The van der Waals surface area contributed by atoms with Crippen LogP contribution in [0.15, 0.2) is 12.2 Å². The second-order valence-electron chi connectivity index (χ2n) is 5.01. The van der Waals surface area contributed by atoms with Crippen molar-refractivity contribution in [3.05, 3.63) is 12.2 Å². The van der Waals surface area contributed by atoms with E-state index >= 15 is 0 Å². The molecule has 1 N–H and O–H groups in total. The van der Waals surface area contributed by atoms with Crippen molar-refractivity contribution in [3.8, 4) is 0 Å². The minimum atomic E-state index is -1.13. The van der Waals surface area contributed by atoms with Gasteiger partial charge in [0.2, 0.25) is 0 Å². The summed E-state index contributed by atoms with van der Waals surface area (Å²) in [6.45, 7) is 4.43. The molecule has 1 rings (SSSR count). The molecule has 0 heterocycles. The molecular weight excluding hydrogens is 232 g/mol. The number of carbonyl (C=O) groups excluding carboxylic acids is 1. The van der Waals surface area contributed by atoms with Crippen molar-refractivity contribution < 1.29 is 19.4 Å². The van der Waals surface area contributed by atoms with Gasteiger partial charge in [-0.05, 0) is 31.1 Å². The van der Waals surface area contributed by atoms with Gasteiger partial charge >= 0.3 is 11.9 Å². The van der Waals surface area contributed by atoms with Crippen LogP contribution in [0.2, 0.25) is 0 Å². The van der Waals surface area contributed by atoms with Crippen LogP contribution in [-0.4, -0.2) is 23.1 Å². The maximum Gasteiger partial charge on any atom is 0.331 e. The predicted molar refractivity (Wildman–Crippen MR) is 68.1 cm³/mol. The Balaban J connectivity index is 2.40. The first-order chi connectivity index (χ1) is 8.51. The van der Waals surface area contributed by atoms with Gasteiger partial charge in [-0.3, -0.25) is 0 Å². The lowest BCUT2D eigenvalue weighted by Gasteiger charge is -2.38. The van der Waals surface area contributed by atoms with E-state index in [1.54, 1.807) is 0 Å². The van der Waals surface area contributed by atoms with Crippen LogP contribution in [0.3, 0.4) is 0 Å². The second-order valence-corrected chi connectivity index (χ2v) is 5.01. The number of aliphatic carboxylic acids is 1. The molecule has 0 bridgehead atoms. The van der Waals surface area contributed by atoms with Gasteiger partial charge in [0.05, 0.1) is 0 Å². The van der Waals surface area contributed by atoms with Crippen LogP contribution in [0, 0.1) is 5.41 Å². The Labute approximate surface area is 108 Å².